The fraction of sp³-hybridized carbons (Fsp3) is 0.300. The Labute approximate surface area is 162 Å². The standard InChI is InChI=1S/C20H23BrN2O3/c1-4-5-19(24)22-15-7-9-16(10-8-15)23-20(25)17-12-14(21)6-11-18(17)26-13(2)3/h6-13H,4-5H2,1-3H3,(H,22,24)(H,23,25). The number of hydrogen-bond donors (Lipinski definition) is 2. The number of anilines is 2. The van der Waals surface area contributed by atoms with Crippen molar-refractivity contribution in [3.05, 3.63) is 52.5 Å². The van der Waals surface area contributed by atoms with Crippen molar-refractivity contribution in [2.24, 2.45) is 0 Å². The summed E-state index contributed by atoms with van der Waals surface area (Å²) < 4.78 is 6.51. The molecule has 2 rings (SSSR count). The molecule has 26 heavy (non-hydrogen) atoms. The SMILES string of the molecule is CCCC(=O)Nc1ccc(NC(=O)c2cc(Br)ccc2OC(C)C)cc1. The average Bonchev–Trinajstić information content (AvgIpc) is 2.58. The highest BCUT2D eigenvalue weighted by Gasteiger charge is 2.15. The Morgan fingerprint density at radius 2 is 1.65 bits per heavy atom. The van der Waals surface area contributed by atoms with Crippen LogP contribution in [-0.4, -0.2) is 17.9 Å². The number of benzene rings is 2. The molecule has 0 fully saturated rings. The van der Waals surface area contributed by atoms with Gasteiger partial charge in [-0.2, -0.15) is 0 Å². The fourth-order valence-corrected chi connectivity index (χ4v) is 2.68. The number of rotatable bonds is 7. The van der Waals surface area contributed by atoms with Gasteiger partial charge in [0, 0.05) is 22.3 Å². The number of amides is 2. The number of halogens is 1. The first-order valence-corrected chi connectivity index (χ1v) is 9.35. The molecule has 0 saturated carbocycles. The molecule has 0 aromatic heterocycles. The van der Waals surface area contributed by atoms with E-state index >= 15 is 0 Å². The quantitative estimate of drug-likeness (QED) is 0.646. The summed E-state index contributed by atoms with van der Waals surface area (Å²) in [4.78, 5) is 24.3. The lowest BCUT2D eigenvalue weighted by molar-refractivity contribution is -0.116. The Morgan fingerprint density at radius 3 is 2.23 bits per heavy atom. The van der Waals surface area contributed by atoms with E-state index in [-0.39, 0.29) is 17.9 Å². The number of carbonyl (C=O) groups excluding carboxylic acids is 2. The van der Waals surface area contributed by atoms with E-state index in [9.17, 15) is 9.59 Å². The monoisotopic (exact) mass is 418 g/mol. The van der Waals surface area contributed by atoms with Gasteiger partial charge in [-0.3, -0.25) is 9.59 Å². The van der Waals surface area contributed by atoms with E-state index in [0.717, 1.165) is 10.9 Å². The van der Waals surface area contributed by atoms with Crippen LogP contribution in [0.15, 0.2) is 46.9 Å². The molecule has 2 aromatic carbocycles. The lowest BCUT2D eigenvalue weighted by Gasteiger charge is -2.15. The van der Waals surface area contributed by atoms with Gasteiger partial charge in [0.05, 0.1) is 11.7 Å². The number of hydrogen-bond acceptors (Lipinski definition) is 3. The third-order valence-corrected chi connectivity index (χ3v) is 3.95. The van der Waals surface area contributed by atoms with Gasteiger partial charge in [-0.05, 0) is 62.7 Å². The lowest BCUT2D eigenvalue weighted by atomic mass is 10.1. The summed E-state index contributed by atoms with van der Waals surface area (Å²) in [5.74, 6) is 0.253. The molecule has 0 saturated heterocycles. The molecular weight excluding hydrogens is 396 g/mol. The van der Waals surface area contributed by atoms with Gasteiger partial charge in [0.1, 0.15) is 5.75 Å². The summed E-state index contributed by atoms with van der Waals surface area (Å²) in [5, 5.41) is 5.67. The van der Waals surface area contributed by atoms with E-state index in [2.05, 4.69) is 26.6 Å². The maximum Gasteiger partial charge on any atom is 0.259 e. The van der Waals surface area contributed by atoms with Crippen molar-refractivity contribution in [2.45, 2.75) is 39.7 Å². The summed E-state index contributed by atoms with van der Waals surface area (Å²) in [6.07, 6.45) is 1.25. The van der Waals surface area contributed by atoms with Crippen LogP contribution >= 0.6 is 15.9 Å². The molecule has 0 bridgehead atoms. The summed E-state index contributed by atoms with van der Waals surface area (Å²) >= 11 is 3.39. The average molecular weight is 419 g/mol. The van der Waals surface area contributed by atoms with Crippen LogP contribution in [0.2, 0.25) is 0 Å². The van der Waals surface area contributed by atoms with Crippen LogP contribution in [0.1, 0.15) is 44.0 Å². The largest absolute Gasteiger partial charge is 0.490 e. The summed E-state index contributed by atoms with van der Waals surface area (Å²) in [6.45, 7) is 5.78. The van der Waals surface area contributed by atoms with E-state index in [1.54, 1.807) is 36.4 Å². The summed E-state index contributed by atoms with van der Waals surface area (Å²) in [7, 11) is 0. The van der Waals surface area contributed by atoms with Crippen LogP contribution < -0.4 is 15.4 Å². The smallest absolute Gasteiger partial charge is 0.259 e. The molecule has 138 valence electrons. The molecular formula is C20H23BrN2O3. The Hall–Kier alpha value is -2.34. The van der Waals surface area contributed by atoms with Gasteiger partial charge in [0.15, 0.2) is 0 Å². The van der Waals surface area contributed by atoms with Crippen LogP contribution in [0.3, 0.4) is 0 Å². The van der Waals surface area contributed by atoms with Crippen molar-refractivity contribution in [1.29, 1.82) is 0 Å². The zero-order chi connectivity index (χ0) is 19.1. The van der Waals surface area contributed by atoms with Gasteiger partial charge in [-0.15, -0.1) is 0 Å². The van der Waals surface area contributed by atoms with Crippen molar-refractivity contribution < 1.29 is 14.3 Å². The maximum absolute atomic E-state index is 12.6. The molecule has 2 aromatic rings. The number of carbonyl (C=O) groups is 2. The second-order valence-electron chi connectivity index (χ2n) is 6.14. The van der Waals surface area contributed by atoms with Gasteiger partial charge < -0.3 is 15.4 Å². The predicted octanol–water partition coefficient (Wildman–Crippen LogP) is 5.23. The molecule has 0 aliphatic carbocycles. The zero-order valence-electron chi connectivity index (χ0n) is 15.1. The van der Waals surface area contributed by atoms with Gasteiger partial charge in [-0.25, -0.2) is 0 Å². The molecule has 2 amide bonds. The van der Waals surface area contributed by atoms with E-state index in [0.29, 0.717) is 29.1 Å². The van der Waals surface area contributed by atoms with Crippen LogP contribution in [0, 0.1) is 0 Å². The first-order valence-electron chi connectivity index (χ1n) is 8.56. The molecule has 0 heterocycles. The van der Waals surface area contributed by atoms with E-state index in [1.807, 2.05) is 26.8 Å². The van der Waals surface area contributed by atoms with Crippen LogP contribution in [0.5, 0.6) is 5.75 Å². The summed E-state index contributed by atoms with van der Waals surface area (Å²) in [6, 6.07) is 12.4. The third-order valence-electron chi connectivity index (χ3n) is 3.45. The first-order chi connectivity index (χ1) is 12.4. The molecule has 0 aliphatic rings. The second-order valence-corrected chi connectivity index (χ2v) is 7.05. The third kappa shape index (κ3) is 5.88. The van der Waals surface area contributed by atoms with Crippen LogP contribution in [-0.2, 0) is 4.79 Å². The van der Waals surface area contributed by atoms with Gasteiger partial charge >= 0.3 is 0 Å². The Bertz CT molecular complexity index is 773. The van der Waals surface area contributed by atoms with Gasteiger partial charge in [0.2, 0.25) is 5.91 Å². The van der Waals surface area contributed by atoms with E-state index < -0.39 is 0 Å². The van der Waals surface area contributed by atoms with Crippen LogP contribution in [0.25, 0.3) is 0 Å². The van der Waals surface area contributed by atoms with Gasteiger partial charge in [-0.1, -0.05) is 22.9 Å². The highest BCUT2D eigenvalue weighted by atomic mass is 79.9. The van der Waals surface area contributed by atoms with Crippen molar-refractivity contribution >= 4 is 39.1 Å². The lowest BCUT2D eigenvalue weighted by Crippen LogP contribution is -2.16. The second kappa shape index (κ2) is 9.38. The van der Waals surface area contributed by atoms with Gasteiger partial charge in [0.25, 0.3) is 5.91 Å². The highest BCUT2D eigenvalue weighted by Crippen LogP contribution is 2.25. The Morgan fingerprint density at radius 1 is 1.04 bits per heavy atom. The zero-order valence-corrected chi connectivity index (χ0v) is 16.7. The van der Waals surface area contributed by atoms with E-state index in [4.69, 9.17) is 4.74 Å². The fourth-order valence-electron chi connectivity index (χ4n) is 2.32. The van der Waals surface area contributed by atoms with Crippen molar-refractivity contribution in [3.8, 4) is 5.75 Å². The molecule has 0 unspecified atom stereocenters. The van der Waals surface area contributed by atoms with Crippen LogP contribution in [0.4, 0.5) is 11.4 Å². The Balaban J connectivity index is 2.10. The minimum atomic E-state index is -0.260. The molecule has 0 aliphatic heterocycles. The highest BCUT2D eigenvalue weighted by molar-refractivity contribution is 9.10. The number of ether oxygens (including phenoxy) is 1. The Kier molecular flexibility index (Phi) is 7.21. The first kappa shape index (κ1) is 20.0. The minimum absolute atomic E-state index is 0.0195. The molecule has 0 spiro atoms. The molecule has 2 N–H and O–H groups in total. The van der Waals surface area contributed by atoms with Crippen molar-refractivity contribution in [1.82, 2.24) is 0 Å². The molecule has 0 radical (unpaired) electrons. The summed E-state index contributed by atoms with van der Waals surface area (Å²) in [5.41, 5.74) is 1.79. The molecule has 5 nitrogen and oxygen atoms in total. The minimum Gasteiger partial charge on any atom is -0.490 e. The normalized spacial score (nSPS) is 10.5. The topological polar surface area (TPSA) is 67.4 Å². The molecule has 0 atom stereocenters. The maximum atomic E-state index is 12.6. The van der Waals surface area contributed by atoms with Crippen molar-refractivity contribution in [3.63, 3.8) is 0 Å². The molecule has 6 heteroatoms. The van der Waals surface area contributed by atoms with E-state index in [1.165, 1.54) is 0 Å². The van der Waals surface area contributed by atoms with Crippen molar-refractivity contribution in [2.75, 3.05) is 10.6 Å². The number of nitrogens with one attached hydrogen (secondary N) is 2. The predicted molar refractivity (Wildman–Crippen MR) is 108 cm³/mol.